The highest BCUT2D eigenvalue weighted by Gasteiger charge is 2.37. The van der Waals surface area contributed by atoms with E-state index < -0.39 is 0 Å². The van der Waals surface area contributed by atoms with E-state index in [4.69, 9.17) is 0 Å². The monoisotopic (exact) mass is 321 g/mol. The maximum atomic E-state index is 3.64. The summed E-state index contributed by atoms with van der Waals surface area (Å²) in [4.78, 5) is 2.61. The average molecular weight is 322 g/mol. The highest BCUT2D eigenvalue weighted by atomic mass is 79.9. The Balaban J connectivity index is 1.74. The Morgan fingerprint density at radius 2 is 1.79 bits per heavy atom. The predicted octanol–water partition coefficient (Wildman–Crippen LogP) is 5.05. The summed E-state index contributed by atoms with van der Waals surface area (Å²) in [5.74, 6) is 0. The van der Waals surface area contributed by atoms with E-state index in [1.807, 2.05) is 0 Å². The zero-order valence-corrected chi connectivity index (χ0v) is 13.5. The van der Waals surface area contributed by atoms with Crippen LogP contribution in [0.4, 0.5) is 5.69 Å². The SMILES string of the molecule is Cc1ccc(N2CCC3(CCCC3)CC2)c(CBr)c1. The summed E-state index contributed by atoms with van der Waals surface area (Å²) in [6.07, 6.45) is 8.72. The Labute approximate surface area is 125 Å². The van der Waals surface area contributed by atoms with Gasteiger partial charge >= 0.3 is 0 Å². The van der Waals surface area contributed by atoms with Crippen molar-refractivity contribution in [2.75, 3.05) is 18.0 Å². The van der Waals surface area contributed by atoms with Gasteiger partial charge in [-0.05, 0) is 49.7 Å². The highest BCUT2D eigenvalue weighted by Crippen LogP contribution is 2.46. The van der Waals surface area contributed by atoms with Crippen LogP contribution in [0.15, 0.2) is 18.2 Å². The minimum Gasteiger partial charge on any atom is -0.371 e. The molecule has 0 aromatic heterocycles. The fourth-order valence-corrected chi connectivity index (χ4v) is 4.43. The molecule has 3 rings (SSSR count). The molecule has 1 heterocycles. The van der Waals surface area contributed by atoms with Crippen molar-refractivity contribution in [1.82, 2.24) is 0 Å². The summed E-state index contributed by atoms with van der Waals surface area (Å²) >= 11 is 3.64. The average Bonchev–Trinajstić information content (AvgIpc) is 2.88. The molecule has 104 valence electrons. The Kier molecular flexibility index (Phi) is 3.88. The van der Waals surface area contributed by atoms with Crippen molar-refractivity contribution in [3.8, 4) is 0 Å². The number of halogens is 1. The zero-order chi connectivity index (χ0) is 13.3. The van der Waals surface area contributed by atoms with E-state index >= 15 is 0 Å². The van der Waals surface area contributed by atoms with Gasteiger partial charge in [0.1, 0.15) is 0 Å². The van der Waals surface area contributed by atoms with Crippen LogP contribution in [0.3, 0.4) is 0 Å². The van der Waals surface area contributed by atoms with Crippen LogP contribution in [0.5, 0.6) is 0 Å². The van der Waals surface area contributed by atoms with Crippen LogP contribution in [0, 0.1) is 12.3 Å². The van der Waals surface area contributed by atoms with E-state index in [2.05, 4.69) is 46.0 Å². The molecule has 1 aromatic rings. The van der Waals surface area contributed by atoms with Gasteiger partial charge in [-0.25, -0.2) is 0 Å². The largest absolute Gasteiger partial charge is 0.371 e. The third-order valence-electron chi connectivity index (χ3n) is 5.21. The number of hydrogen-bond donors (Lipinski definition) is 0. The summed E-state index contributed by atoms with van der Waals surface area (Å²) in [7, 11) is 0. The van der Waals surface area contributed by atoms with Gasteiger partial charge in [0.25, 0.3) is 0 Å². The van der Waals surface area contributed by atoms with Crippen molar-refractivity contribution in [2.24, 2.45) is 5.41 Å². The molecule has 1 saturated heterocycles. The fourth-order valence-electron chi connectivity index (χ4n) is 3.98. The van der Waals surface area contributed by atoms with Crippen LogP contribution in [0.2, 0.25) is 0 Å². The Bertz CT molecular complexity index is 439. The third kappa shape index (κ3) is 2.69. The lowest BCUT2D eigenvalue weighted by atomic mass is 9.77. The fraction of sp³-hybridized carbons (Fsp3) is 0.647. The first-order chi connectivity index (χ1) is 9.22. The lowest BCUT2D eigenvalue weighted by molar-refractivity contribution is 0.226. The van der Waals surface area contributed by atoms with E-state index in [9.17, 15) is 0 Å². The second-order valence-corrected chi connectivity index (χ2v) is 7.02. The maximum Gasteiger partial charge on any atom is 0.0407 e. The highest BCUT2D eigenvalue weighted by molar-refractivity contribution is 9.08. The first-order valence-electron chi connectivity index (χ1n) is 7.63. The number of aryl methyl sites for hydroxylation is 1. The number of hydrogen-bond acceptors (Lipinski definition) is 1. The lowest BCUT2D eigenvalue weighted by Crippen LogP contribution is -2.39. The van der Waals surface area contributed by atoms with Crippen LogP contribution < -0.4 is 4.90 Å². The summed E-state index contributed by atoms with van der Waals surface area (Å²) in [5, 5.41) is 0.964. The van der Waals surface area contributed by atoms with Gasteiger partial charge in [0.05, 0.1) is 0 Å². The molecule has 1 aliphatic heterocycles. The van der Waals surface area contributed by atoms with Gasteiger partial charge < -0.3 is 4.90 Å². The molecule has 0 radical (unpaired) electrons. The Morgan fingerprint density at radius 1 is 1.11 bits per heavy atom. The van der Waals surface area contributed by atoms with Crippen molar-refractivity contribution in [1.29, 1.82) is 0 Å². The van der Waals surface area contributed by atoms with E-state index in [-0.39, 0.29) is 0 Å². The van der Waals surface area contributed by atoms with E-state index in [0.29, 0.717) is 0 Å². The maximum absolute atomic E-state index is 3.64. The number of benzene rings is 1. The Hall–Kier alpha value is -0.500. The van der Waals surface area contributed by atoms with Crippen molar-refractivity contribution < 1.29 is 0 Å². The molecule has 1 nitrogen and oxygen atoms in total. The predicted molar refractivity (Wildman–Crippen MR) is 86.2 cm³/mol. The molecule has 2 heteroatoms. The van der Waals surface area contributed by atoms with Crippen molar-refractivity contribution in [3.63, 3.8) is 0 Å². The van der Waals surface area contributed by atoms with Crippen LogP contribution in [-0.2, 0) is 5.33 Å². The van der Waals surface area contributed by atoms with Gasteiger partial charge in [0, 0.05) is 24.1 Å². The molecule has 1 saturated carbocycles. The van der Waals surface area contributed by atoms with E-state index in [1.54, 1.807) is 0 Å². The van der Waals surface area contributed by atoms with Crippen LogP contribution in [0.1, 0.15) is 49.7 Å². The molecule has 19 heavy (non-hydrogen) atoms. The van der Waals surface area contributed by atoms with Crippen LogP contribution in [-0.4, -0.2) is 13.1 Å². The van der Waals surface area contributed by atoms with Gasteiger partial charge in [0.2, 0.25) is 0 Å². The molecular weight excluding hydrogens is 298 g/mol. The van der Waals surface area contributed by atoms with E-state index in [1.165, 1.54) is 68.4 Å². The summed E-state index contributed by atoms with van der Waals surface area (Å²) in [5.41, 5.74) is 4.98. The summed E-state index contributed by atoms with van der Waals surface area (Å²) in [6, 6.07) is 6.89. The molecule has 0 bridgehead atoms. The standard InChI is InChI=1S/C17H24BrN/c1-14-4-5-16(15(12-14)13-18)19-10-8-17(9-11-19)6-2-3-7-17/h4-5,12H,2-3,6-11,13H2,1H3. The third-order valence-corrected chi connectivity index (χ3v) is 5.81. The Morgan fingerprint density at radius 3 is 2.42 bits per heavy atom. The number of rotatable bonds is 2. The molecule has 1 aliphatic carbocycles. The first kappa shape index (κ1) is 13.5. The molecule has 0 amide bonds. The second kappa shape index (κ2) is 5.47. The van der Waals surface area contributed by atoms with Crippen LogP contribution in [0.25, 0.3) is 0 Å². The zero-order valence-electron chi connectivity index (χ0n) is 11.9. The van der Waals surface area contributed by atoms with Crippen molar-refractivity contribution >= 4 is 21.6 Å². The quantitative estimate of drug-likeness (QED) is 0.689. The minimum atomic E-state index is 0.718. The minimum absolute atomic E-state index is 0.718. The molecule has 0 unspecified atom stereocenters. The summed E-state index contributed by atoms with van der Waals surface area (Å²) < 4.78 is 0. The smallest absolute Gasteiger partial charge is 0.0407 e. The number of anilines is 1. The van der Waals surface area contributed by atoms with Gasteiger partial charge in [-0.1, -0.05) is 46.5 Å². The topological polar surface area (TPSA) is 3.24 Å². The molecule has 2 aliphatic rings. The molecule has 0 atom stereocenters. The van der Waals surface area contributed by atoms with Crippen LogP contribution >= 0.6 is 15.9 Å². The van der Waals surface area contributed by atoms with Crippen molar-refractivity contribution in [3.05, 3.63) is 29.3 Å². The number of nitrogens with zero attached hydrogens (tertiary/aromatic N) is 1. The second-order valence-electron chi connectivity index (χ2n) is 6.46. The molecular formula is C17H24BrN. The molecule has 2 fully saturated rings. The summed E-state index contributed by atoms with van der Waals surface area (Å²) in [6.45, 7) is 4.69. The lowest BCUT2D eigenvalue weighted by Gasteiger charge is -2.41. The number of piperidine rings is 1. The number of alkyl halides is 1. The van der Waals surface area contributed by atoms with Gasteiger partial charge in [-0.2, -0.15) is 0 Å². The first-order valence-corrected chi connectivity index (χ1v) is 8.75. The van der Waals surface area contributed by atoms with Gasteiger partial charge in [-0.3, -0.25) is 0 Å². The molecule has 1 aromatic carbocycles. The molecule has 1 spiro atoms. The molecule has 0 N–H and O–H groups in total. The van der Waals surface area contributed by atoms with E-state index in [0.717, 1.165) is 10.7 Å². The van der Waals surface area contributed by atoms with Gasteiger partial charge in [0.15, 0.2) is 0 Å². The van der Waals surface area contributed by atoms with Crippen molar-refractivity contribution in [2.45, 2.75) is 50.8 Å². The van der Waals surface area contributed by atoms with Gasteiger partial charge in [-0.15, -0.1) is 0 Å². The normalized spacial score (nSPS) is 22.1.